The van der Waals surface area contributed by atoms with Crippen LogP contribution in [0.1, 0.15) is 119 Å². The van der Waals surface area contributed by atoms with Crippen molar-refractivity contribution in [2.75, 3.05) is 0 Å². The predicted molar refractivity (Wildman–Crippen MR) is 154 cm³/mol. The molecule has 0 aromatic carbocycles. The minimum Gasteiger partial charge on any atom is -0.461 e. The molecule has 3 saturated carbocycles. The van der Waals surface area contributed by atoms with Crippen LogP contribution in [0.3, 0.4) is 0 Å². The Balaban J connectivity index is 1.39. The van der Waals surface area contributed by atoms with E-state index in [2.05, 4.69) is 40.7 Å². The third kappa shape index (κ3) is 5.74. The number of carbonyl (C=O) groups is 2. The zero-order chi connectivity index (χ0) is 27.8. The number of amides is 1. The zero-order valence-corrected chi connectivity index (χ0v) is 25.1. The molecule has 4 aliphatic carbocycles. The van der Waals surface area contributed by atoms with Crippen molar-refractivity contribution in [3.63, 3.8) is 0 Å². The maximum Gasteiger partial charge on any atom is 0.323 e. The van der Waals surface area contributed by atoms with Crippen molar-refractivity contribution < 1.29 is 14.3 Å². The summed E-state index contributed by atoms with van der Waals surface area (Å²) in [4.78, 5) is 24.0. The van der Waals surface area contributed by atoms with Crippen LogP contribution in [-0.4, -0.2) is 24.0 Å². The summed E-state index contributed by atoms with van der Waals surface area (Å²) in [6.07, 6.45) is 16.4. The van der Waals surface area contributed by atoms with Gasteiger partial charge < -0.3 is 16.2 Å². The molecule has 4 N–H and O–H groups in total. The van der Waals surface area contributed by atoms with E-state index in [0.717, 1.165) is 54.8 Å². The zero-order valence-electron chi connectivity index (χ0n) is 25.1. The molecule has 0 aromatic rings. The summed E-state index contributed by atoms with van der Waals surface area (Å²) in [5.41, 5.74) is 13.7. The number of esters is 1. The Morgan fingerprint density at radius 3 is 2.45 bits per heavy atom. The van der Waals surface area contributed by atoms with E-state index in [1.807, 2.05) is 0 Å². The Bertz CT molecular complexity index is 899. The van der Waals surface area contributed by atoms with Crippen LogP contribution >= 0.6 is 0 Å². The summed E-state index contributed by atoms with van der Waals surface area (Å²) in [5, 5.41) is 0. The molecular formula is C33H56N2O3. The standard InChI is InChI=1S/C33H56N2O3/c1-20(2)8-7-9-21(3)26-12-13-27-25-11-10-23-19-24(38-31(37)29(34)18-22(4)30(35)36)14-16-32(23,5)28(25)15-17-33(26,27)6/h10,20-22,24-29H,7-9,11-19,34H2,1-6H3,(H2,35,36)/t21-,22?,24?,25+,26-,27+,28+,29+,32+,33-/m1/s1. The Hall–Kier alpha value is -1.36. The maximum atomic E-state index is 12.7. The second kappa shape index (κ2) is 11.6. The summed E-state index contributed by atoms with van der Waals surface area (Å²) in [7, 11) is 0. The van der Waals surface area contributed by atoms with Crippen LogP contribution in [0.15, 0.2) is 11.6 Å². The van der Waals surface area contributed by atoms with Crippen LogP contribution in [-0.2, 0) is 14.3 Å². The van der Waals surface area contributed by atoms with Gasteiger partial charge in [-0.1, -0.05) is 72.5 Å². The molecule has 4 rings (SSSR count). The topological polar surface area (TPSA) is 95.4 Å². The first kappa shape index (κ1) is 29.6. The molecule has 10 atom stereocenters. The summed E-state index contributed by atoms with van der Waals surface area (Å²) in [6.45, 7) is 14.1. The Morgan fingerprint density at radius 1 is 1.03 bits per heavy atom. The van der Waals surface area contributed by atoms with Crippen molar-refractivity contribution in [3.8, 4) is 0 Å². The second-order valence-electron chi connectivity index (χ2n) is 14.7. The number of fused-ring (bicyclic) bond motifs is 5. The molecule has 5 heteroatoms. The average molecular weight is 529 g/mol. The van der Waals surface area contributed by atoms with Crippen molar-refractivity contribution in [1.29, 1.82) is 0 Å². The van der Waals surface area contributed by atoms with Gasteiger partial charge in [0.25, 0.3) is 0 Å². The normalized spacial score (nSPS) is 38.8. The highest BCUT2D eigenvalue weighted by Crippen LogP contribution is 2.67. The van der Waals surface area contributed by atoms with Crippen molar-refractivity contribution in [3.05, 3.63) is 11.6 Å². The van der Waals surface area contributed by atoms with Crippen LogP contribution in [0.25, 0.3) is 0 Å². The van der Waals surface area contributed by atoms with Gasteiger partial charge in [-0.05, 0) is 97.7 Å². The average Bonchev–Trinajstić information content (AvgIpc) is 3.21. The molecule has 0 bridgehead atoms. The molecule has 0 aromatic heterocycles. The lowest BCUT2D eigenvalue weighted by molar-refractivity contribution is -0.153. The first-order valence-electron chi connectivity index (χ1n) is 15.8. The first-order valence-corrected chi connectivity index (χ1v) is 15.8. The SMILES string of the molecule is CC(C)CCC[C@@H](C)[C@H]1CC[C@H]2[C@@H]3CC=C4CC(OC(=O)[C@@H](N)CC(C)C(N)=O)CC[C@]4(C)[C@H]3CC[C@]12C. The van der Waals surface area contributed by atoms with E-state index in [1.54, 1.807) is 6.92 Å². The minimum atomic E-state index is -0.797. The van der Waals surface area contributed by atoms with Gasteiger partial charge in [0.15, 0.2) is 0 Å². The molecule has 0 radical (unpaired) electrons. The molecule has 1 amide bonds. The summed E-state index contributed by atoms with van der Waals surface area (Å²) in [6, 6.07) is -0.797. The molecule has 0 heterocycles. The number of ether oxygens (including phenoxy) is 1. The molecule has 0 saturated heterocycles. The number of hydrogen-bond acceptors (Lipinski definition) is 4. The highest BCUT2D eigenvalue weighted by Gasteiger charge is 2.59. The largest absolute Gasteiger partial charge is 0.461 e. The smallest absolute Gasteiger partial charge is 0.323 e. The van der Waals surface area contributed by atoms with Crippen LogP contribution in [0.5, 0.6) is 0 Å². The van der Waals surface area contributed by atoms with Gasteiger partial charge in [-0.2, -0.15) is 0 Å². The van der Waals surface area contributed by atoms with Gasteiger partial charge in [-0.25, -0.2) is 0 Å². The second-order valence-corrected chi connectivity index (χ2v) is 14.7. The van der Waals surface area contributed by atoms with Gasteiger partial charge in [0.05, 0.1) is 0 Å². The van der Waals surface area contributed by atoms with E-state index in [4.69, 9.17) is 16.2 Å². The molecular weight excluding hydrogens is 472 g/mol. The van der Waals surface area contributed by atoms with Crippen LogP contribution in [0, 0.1) is 52.3 Å². The lowest BCUT2D eigenvalue weighted by atomic mass is 9.47. The fraction of sp³-hybridized carbons (Fsp3) is 0.879. The lowest BCUT2D eigenvalue weighted by Crippen LogP contribution is -2.51. The maximum absolute atomic E-state index is 12.7. The fourth-order valence-electron chi connectivity index (χ4n) is 9.60. The third-order valence-corrected chi connectivity index (χ3v) is 11.9. The van der Waals surface area contributed by atoms with Gasteiger partial charge in [-0.15, -0.1) is 0 Å². The van der Waals surface area contributed by atoms with E-state index in [1.165, 1.54) is 56.9 Å². The molecule has 0 aliphatic heterocycles. The third-order valence-electron chi connectivity index (χ3n) is 11.9. The predicted octanol–water partition coefficient (Wildman–Crippen LogP) is 6.78. The van der Waals surface area contributed by atoms with Crippen LogP contribution < -0.4 is 11.5 Å². The summed E-state index contributed by atoms with van der Waals surface area (Å²) < 4.78 is 5.88. The Morgan fingerprint density at radius 2 is 1.76 bits per heavy atom. The van der Waals surface area contributed by atoms with Gasteiger partial charge in [0, 0.05) is 12.3 Å². The Labute approximate surface area is 232 Å². The first-order chi connectivity index (χ1) is 17.9. The van der Waals surface area contributed by atoms with E-state index in [9.17, 15) is 9.59 Å². The summed E-state index contributed by atoms with van der Waals surface area (Å²) >= 11 is 0. The van der Waals surface area contributed by atoms with Gasteiger partial charge in [-0.3, -0.25) is 9.59 Å². The number of rotatable bonds is 10. The van der Waals surface area contributed by atoms with E-state index in [0.29, 0.717) is 5.41 Å². The van der Waals surface area contributed by atoms with E-state index < -0.39 is 23.8 Å². The monoisotopic (exact) mass is 528 g/mol. The number of nitrogens with two attached hydrogens (primary N) is 2. The number of carbonyl (C=O) groups excluding carboxylic acids is 2. The van der Waals surface area contributed by atoms with E-state index in [-0.39, 0.29) is 17.9 Å². The molecule has 4 aliphatic rings. The van der Waals surface area contributed by atoms with Crippen molar-refractivity contribution in [2.45, 2.75) is 131 Å². The highest BCUT2D eigenvalue weighted by molar-refractivity contribution is 5.79. The molecule has 38 heavy (non-hydrogen) atoms. The van der Waals surface area contributed by atoms with Crippen molar-refractivity contribution in [2.24, 2.45) is 63.7 Å². The minimum absolute atomic E-state index is 0.107. The van der Waals surface area contributed by atoms with E-state index >= 15 is 0 Å². The van der Waals surface area contributed by atoms with Crippen molar-refractivity contribution >= 4 is 11.9 Å². The highest BCUT2D eigenvalue weighted by atomic mass is 16.5. The van der Waals surface area contributed by atoms with Crippen LogP contribution in [0.4, 0.5) is 0 Å². The molecule has 5 nitrogen and oxygen atoms in total. The number of primary amides is 1. The quantitative estimate of drug-likeness (QED) is 0.241. The Kier molecular flexibility index (Phi) is 9.06. The van der Waals surface area contributed by atoms with Crippen LogP contribution in [0.2, 0.25) is 0 Å². The fourth-order valence-corrected chi connectivity index (χ4v) is 9.60. The molecule has 3 fully saturated rings. The molecule has 2 unspecified atom stereocenters. The van der Waals surface area contributed by atoms with Gasteiger partial charge >= 0.3 is 5.97 Å². The van der Waals surface area contributed by atoms with Crippen molar-refractivity contribution in [1.82, 2.24) is 0 Å². The lowest BCUT2D eigenvalue weighted by Gasteiger charge is -2.58. The summed E-state index contributed by atoms with van der Waals surface area (Å²) in [5.74, 6) is 3.70. The number of allylic oxidation sites excluding steroid dienone is 1. The number of hydrogen-bond donors (Lipinski definition) is 2. The molecule has 0 spiro atoms. The van der Waals surface area contributed by atoms with Gasteiger partial charge in [0.1, 0.15) is 12.1 Å². The molecule has 216 valence electrons. The van der Waals surface area contributed by atoms with Gasteiger partial charge in [0.2, 0.25) is 5.91 Å².